The van der Waals surface area contributed by atoms with E-state index in [4.69, 9.17) is 14.6 Å². The Morgan fingerprint density at radius 3 is 2.40 bits per heavy atom. The van der Waals surface area contributed by atoms with Crippen LogP contribution in [0.3, 0.4) is 0 Å². The fraction of sp³-hybridized carbons (Fsp3) is 0.929. The molecule has 0 spiro atoms. The van der Waals surface area contributed by atoms with Crippen LogP contribution in [-0.2, 0) is 9.47 Å². The quantitative estimate of drug-likeness (QED) is 0.241. The molecule has 25 heavy (non-hydrogen) atoms. The lowest BCUT2D eigenvalue weighted by atomic mass is 9.80. The molecule has 0 aromatic heterocycles. The Morgan fingerprint density at radius 2 is 1.80 bits per heavy atom. The Labute approximate surface area is 143 Å². The van der Waals surface area contributed by atoms with E-state index in [0.29, 0.717) is 0 Å². The number of ether oxygens (including phenoxy) is 2. The van der Waals surface area contributed by atoms with Crippen molar-refractivity contribution in [2.75, 3.05) is 13.2 Å². The number of fused-ring (bicyclic) bond motifs is 1. The van der Waals surface area contributed by atoms with E-state index in [1.807, 2.05) is 0 Å². The van der Waals surface area contributed by atoms with Gasteiger partial charge in [-0.25, -0.2) is 0 Å². The molecule has 0 aromatic rings. The van der Waals surface area contributed by atoms with Gasteiger partial charge in [0, 0.05) is 12.5 Å². The van der Waals surface area contributed by atoms with Gasteiger partial charge in [0.15, 0.2) is 12.3 Å². The van der Waals surface area contributed by atoms with Gasteiger partial charge in [-0.1, -0.05) is 0 Å². The lowest BCUT2D eigenvalue weighted by Gasteiger charge is -2.40. The van der Waals surface area contributed by atoms with Crippen LogP contribution < -0.4 is 5.32 Å². The number of rotatable bonds is 4. The molecule has 11 nitrogen and oxygen atoms in total. The first-order valence-electron chi connectivity index (χ1n) is 8.15. The predicted molar refractivity (Wildman–Crippen MR) is 80.2 cm³/mol. The summed E-state index contributed by atoms with van der Waals surface area (Å²) in [6, 6.07) is -0.751. The van der Waals surface area contributed by atoms with E-state index in [2.05, 4.69) is 10.3 Å². The maximum absolute atomic E-state index is 10.1. The van der Waals surface area contributed by atoms with Gasteiger partial charge in [-0.2, -0.15) is 4.99 Å². The minimum atomic E-state index is -1.43. The Bertz CT molecular complexity index is 505. The second-order valence-electron chi connectivity index (χ2n) is 6.65. The largest absolute Gasteiger partial charge is 0.454 e. The molecule has 3 aliphatic rings. The van der Waals surface area contributed by atoms with Gasteiger partial charge in [-0.3, -0.25) is 0 Å². The van der Waals surface area contributed by atoms with Crippen molar-refractivity contribution >= 4 is 6.02 Å². The average Bonchev–Trinajstić information content (AvgIpc) is 3.13. The van der Waals surface area contributed by atoms with Crippen LogP contribution in [0.2, 0.25) is 0 Å². The molecule has 1 aliphatic carbocycles. The predicted octanol–water partition coefficient (Wildman–Crippen LogP) is -4.77. The van der Waals surface area contributed by atoms with Crippen LogP contribution in [0.1, 0.15) is 6.42 Å². The van der Waals surface area contributed by atoms with Gasteiger partial charge in [0.25, 0.3) is 6.02 Å². The van der Waals surface area contributed by atoms with Crippen molar-refractivity contribution in [2.45, 2.75) is 61.4 Å². The normalized spacial score (nSPS) is 47.8. The molecular formula is C14H24N2O9. The number of aliphatic imine (C=N–C) groups is 1. The lowest BCUT2D eigenvalue weighted by molar-refractivity contribution is -0.129. The number of hydrogen-bond donors (Lipinski definition) is 8. The third kappa shape index (κ3) is 3.34. The molecule has 0 aromatic carbocycles. The van der Waals surface area contributed by atoms with Crippen molar-refractivity contribution in [1.29, 1.82) is 0 Å². The van der Waals surface area contributed by atoms with Crippen LogP contribution in [0.5, 0.6) is 0 Å². The average molecular weight is 364 g/mol. The second-order valence-corrected chi connectivity index (χ2v) is 6.65. The fourth-order valence-electron chi connectivity index (χ4n) is 3.48. The molecule has 2 heterocycles. The Morgan fingerprint density at radius 1 is 1.08 bits per heavy atom. The van der Waals surface area contributed by atoms with E-state index in [1.165, 1.54) is 0 Å². The molecule has 10 atom stereocenters. The minimum Gasteiger partial charge on any atom is -0.454 e. The first-order chi connectivity index (χ1) is 11.9. The summed E-state index contributed by atoms with van der Waals surface area (Å²) < 4.78 is 10.8. The van der Waals surface area contributed by atoms with Gasteiger partial charge in [0.2, 0.25) is 0 Å². The summed E-state index contributed by atoms with van der Waals surface area (Å²) in [4.78, 5) is 4.08. The monoisotopic (exact) mass is 364 g/mol. The van der Waals surface area contributed by atoms with E-state index in [9.17, 15) is 30.6 Å². The van der Waals surface area contributed by atoms with Crippen molar-refractivity contribution in [2.24, 2.45) is 10.9 Å². The maximum Gasteiger partial charge on any atom is 0.288 e. The van der Waals surface area contributed by atoms with Crippen LogP contribution in [-0.4, -0.2) is 110 Å². The third-order valence-electron chi connectivity index (χ3n) is 5.00. The van der Waals surface area contributed by atoms with Gasteiger partial charge in [-0.15, -0.1) is 0 Å². The molecular weight excluding hydrogens is 340 g/mol. The molecule has 3 rings (SSSR count). The number of nitrogens with zero attached hydrogens (tertiary/aromatic N) is 1. The van der Waals surface area contributed by atoms with E-state index < -0.39 is 67.5 Å². The van der Waals surface area contributed by atoms with Gasteiger partial charge < -0.3 is 50.5 Å². The Hall–Kier alpha value is -1.05. The molecule has 0 amide bonds. The highest BCUT2D eigenvalue weighted by Gasteiger charge is 2.52. The molecule has 2 aliphatic heterocycles. The molecule has 2 fully saturated rings. The summed E-state index contributed by atoms with van der Waals surface area (Å²) in [5.41, 5.74) is 0. The molecule has 0 unspecified atom stereocenters. The molecule has 1 saturated carbocycles. The van der Waals surface area contributed by atoms with Crippen molar-refractivity contribution < 1.29 is 45.2 Å². The SMILES string of the molecule is OC[C@H]1C[C@H](NC2=N[C@H]3O[C@H]([C@H](O)CO)[C@H](O)[C@H]3O2)[C@H](O)[C@@H](O)[C@@H]1O. The summed E-state index contributed by atoms with van der Waals surface area (Å²) >= 11 is 0. The van der Waals surface area contributed by atoms with Crippen molar-refractivity contribution in [1.82, 2.24) is 5.32 Å². The van der Waals surface area contributed by atoms with Crippen molar-refractivity contribution in [3.63, 3.8) is 0 Å². The van der Waals surface area contributed by atoms with Crippen LogP contribution in [0.15, 0.2) is 4.99 Å². The van der Waals surface area contributed by atoms with E-state index >= 15 is 0 Å². The molecule has 11 heteroatoms. The van der Waals surface area contributed by atoms with Crippen LogP contribution in [0.25, 0.3) is 0 Å². The molecule has 144 valence electrons. The summed E-state index contributed by atoms with van der Waals surface area (Å²) in [6.45, 7) is -0.933. The van der Waals surface area contributed by atoms with Crippen LogP contribution in [0, 0.1) is 5.92 Å². The van der Waals surface area contributed by atoms with Crippen LogP contribution in [0.4, 0.5) is 0 Å². The highest BCUT2D eigenvalue weighted by Crippen LogP contribution is 2.32. The number of aliphatic hydroxyl groups excluding tert-OH is 7. The lowest BCUT2D eigenvalue weighted by Crippen LogP contribution is -2.59. The molecule has 0 radical (unpaired) electrons. The summed E-state index contributed by atoms with van der Waals surface area (Å²) in [5.74, 6) is -0.622. The summed E-state index contributed by atoms with van der Waals surface area (Å²) in [6.07, 6.45) is -9.07. The molecule has 8 N–H and O–H groups in total. The molecule has 0 bridgehead atoms. The number of nitrogens with one attached hydrogen (secondary N) is 1. The van der Waals surface area contributed by atoms with Crippen molar-refractivity contribution in [3.05, 3.63) is 0 Å². The van der Waals surface area contributed by atoms with E-state index in [1.54, 1.807) is 0 Å². The number of amidine groups is 1. The Kier molecular flexibility index (Phi) is 5.46. The highest BCUT2D eigenvalue weighted by molar-refractivity contribution is 5.76. The van der Waals surface area contributed by atoms with Gasteiger partial charge in [0.1, 0.15) is 30.5 Å². The maximum atomic E-state index is 10.1. The third-order valence-corrected chi connectivity index (χ3v) is 5.00. The zero-order valence-corrected chi connectivity index (χ0v) is 13.3. The summed E-state index contributed by atoms with van der Waals surface area (Å²) in [7, 11) is 0. The topological polar surface area (TPSA) is 184 Å². The smallest absolute Gasteiger partial charge is 0.288 e. The standard InChI is InChI=1S/C14H24N2O9/c17-2-4-1-5(8(21)9(22)7(4)20)15-14-16-13-12(25-14)10(23)11(24-13)6(19)3-18/h4-13,17-23H,1-3H2,(H,15,16)/t4-,5+,6-,7-,8+,9+,10+,11-,12-,13+/m1/s1. The summed E-state index contributed by atoms with van der Waals surface area (Å²) in [5, 5.41) is 70.5. The zero-order valence-electron chi connectivity index (χ0n) is 13.3. The van der Waals surface area contributed by atoms with Gasteiger partial charge >= 0.3 is 0 Å². The van der Waals surface area contributed by atoms with E-state index in [-0.39, 0.29) is 19.0 Å². The first-order valence-corrected chi connectivity index (χ1v) is 8.15. The number of aliphatic hydroxyl groups is 7. The first kappa shape index (κ1) is 18.7. The van der Waals surface area contributed by atoms with Crippen molar-refractivity contribution in [3.8, 4) is 0 Å². The van der Waals surface area contributed by atoms with Gasteiger partial charge in [0.05, 0.1) is 18.8 Å². The Balaban J connectivity index is 1.63. The molecule has 1 saturated heterocycles. The highest BCUT2D eigenvalue weighted by atomic mass is 16.6. The number of hydrogen-bond acceptors (Lipinski definition) is 11. The second kappa shape index (κ2) is 7.29. The minimum absolute atomic E-state index is 0.0182. The van der Waals surface area contributed by atoms with Gasteiger partial charge in [-0.05, 0) is 6.42 Å². The van der Waals surface area contributed by atoms with E-state index in [0.717, 1.165) is 0 Å². The fourth-order valence-corrected chi connectivity index (χ4v) is 3.48. The van der Waals surface area contributed by atoms with Crippen LogP contribution >= 0.6 is 0 Å². The zero-order chi connectivity index (χ0) is 18.3.